The fourth-order valence-electron chi connectivity index (χ4n) is 6.03. The molecule has 12 heteroatoms. The van der Waals surface area contributed by atoms with Gasteiger partial charge in [0.05, 0.1) is 0 Å². The Morgan fingerprint density at radius 3 is 1.24 bits per heavy atom. The van der Waals surface area contributed by atoms with Crippen LogP contribution < -0.4 is 0 Å². The second kappa shape index (κ2) is 18.2. The Bertz CT molecular complexity index is 2190. The Labute approximate surface area is 433 Å². The molecule has 0 unspecified atom stereocenters. The van der Waals surface area contributed by atoms with Gasteiger partial charge in [0.25, 0.3) is 0 Å². The van der Waals surface area contributed by atoms with E-state index in [1.807, 2.05) is 6.92 Å². The van der Waals surface area contributed by atoms with Crippen LogP contribution in [0, 0.1) is 61.2 Å². The van der Waals surface area contributed by atoms with Crippen LogP contribution in [0.1, 0.15) is 22.3 Å². The molecule has 0 N–H and O–H groups in total. The summed E-state index contributed by atoms with van der Waals surface area (Å²) < 4.78 is 39.5. The van der Waals surface area contributed by atoms with E-state index in [0.29, 0.717) is 0 Å². The summed E-state index contributed by atoms with van der Waals surface area (Å²) in [5.74, 6) is -0.403. The van der Waals surface area contributed by atoms with E-state index in [2.05, 4.69) is 281 Å². The van der Waals surface area contributed by atoms with Gasteiger partial charge in [0.2, 0.25) is 0 Å². The van der Waals surface area contributed by atoms with E-state index < -0.39 is 0 Å². The van der Waals surface area contributed by atoms with Crippen molar-refractivity contribution in [3.05, 3.63) is 142 Å². The predicted molar refractivity (Wildman–Crippen MR) is 294 cm³/mol. The Kier molecular flexibility index (Phi) is 15.3. The zero-order valence-corrected chi connectivity index (χ0v) is 47.7. The molecule has 260 valence electrons. The smallest absolute Gasteiger partial charge is 0.125 e. The van der Waals surface area contributed by atoms with E-state index in [-0.39, 0.29) is 11.6 Å². The molecule has 0 amide bonds. The highest BCUT2D eigenvalue weighted by atomic mass is 127. The number of halogens is 12. The largest absolute Gasteiger partial charge is 0.207 e. The first-order valence-electron chi connectivity index (χ1n) is 14.9. The lowest BCUT2D eigenvalue weighted by Gasteiger charge is -2.19. The first-order valence-corrected chi connectivity index (χ1v) is 25.7. The van der Waals surface area contributed by atoms with Crippen LogP contribution in [-0.4, -0.2) is 0 Å². The highest BCUT2D eigenvalue weighted by Gasteiger charge is 2.22. The molecule has 0 fully saturated rings. The molecule has 0 saturated carbocycles. The van der Waals surface area contributed by atoms with Crippen LogP contribution in [0.4, 0.5) is 8.78 Å². The standard InChI is InChI=1S/C39H20F2I10/c1-16-11-20(40)13-28(42)31(16)27-10-9-26(38(50)39(27)51)25-6-4-19(35(47)37(25)49)12-18-3-5-24(36(48)34(18)46)23-8-7-22(17(2)33(23)45)32-29(43)14-21(41)15-30(32)44/h3-11,13-15H,12H2,1-2H3. The molecular weight excluding hydrogens is 1780 g/mol. The van der Waals surface area contributed by atoms with E-state index in [1.54, 1.807) is 24.3 Å². The number of benzene rings is 6. The Morgan fingerprint density at radius 2 is 0.745 bits per heavy atom. The van der Waals surface area contributed by atoms with Gasteiger partial charge in [-0.05, 0) is 332 Å². The van der Waals surface area contributed by atoms with Crippen LogP contribution >= 0.6 is 226 Å². The molecule has 0 spiro atoms. The number of rotatable bonds is 6. The van der Waals surface area contributed by atoms with Gasteiger partial charge in [0.1, 0.15) is 11.6 Å². The van der Waals surface area contributed by atoms with Gasteiger partial charge >= 0.3 is 0 Å². The third-order valence-electron chi connectivity index (χ3n) is 8.55. The zero-order valence-electron chi connectivity index (χ0n) is 26.2. The monoisotopic (exact) mass is 1800 g/mol. The van der Waals surface area contributed by atoms with Crippen molar-refractivity contribution in [3.8, 4) is 44.5 Å². The van der Waals surface area contributed by atoms with Crippen LogP contribution in [0.15, 0.2) is 72.8 Å². The van der Waals surface area contributed by atoms with Crippen LogP contribution in [0.2, 0.25) is 0 Å². The van der Waals surface area contributed by atoms with Gasteiger partial charge in [0, 0.05) is 41.3 Å². The maximum absolute atomic E-state index is 14.1. The Hall–Kier alpha value is 2.48. The van der Waals surface area contributed by atoms with Gasteiger partial charge < -0.3 is 0 Å². The van der Waals surface area contributed by atoms with Crippen molar-refractivity contribution < 1.29 is 8.78 Å². The molecule has 6 rings (SSSR count). The van der Waals surface area contributed by atoms with Gasteiger partial charge in [-0.3, -0.25) is 0 Å². The molecule has 0 bridgehead atoms. The maximum atomic E-state index is 14.1. The molecule has 0 aromatic heterocycles. The average Bonchev–Trinajstić information content (AvgIpc) is 3.05. The van der Waals surface area contributed by atoms with Gasteiger partial charge in [-0.25, -0.2) is 8.78 Å². The SMILES string of the molecule is Cc1cc(F)cc(I)c1-c1ccc(-c2ccc(Cc3ccc(-c4ccc(-c5c(I)cc(F)cc5I)c(C)c4I)c(I)c3I)c(I)c2I)c(I)c1I. The van der Waals surface area contributed by atoms with E-state index in [0.717, 1.165) is 44.9 Å². The van der Waals surface area contributed by atoms with E-state index in [1.165, 1.54) is 63.9 Å². The molecule has 0 radical (unpaired) electrons. The molecule has 0 saturated heterocycles. The van der Waals surface area contributed by atoms with Crippen molar-refractivity contribution in [2.75, 3.05) is 0 Å². The Morgan fingerprint density at radius 1 is 0.392 bits per heavy atom. The van der Waals surface area contributed by atoms with E-state index in [9.17, 15) is 8.78 Å². The second-order valence-electron chi connectivity index (χ2n) is 11.7. The summed E-state index contributed by atoms with van der Waals surface area (Å²) in [6.07, 6.45) is 0.843. The molecule has 0 atom stereocenters. The minimum absolute atomic E-state index is 0.199. The molecule has 0 aliphatic heterocycles. The highest BCUT2D eigenvalue weighted by molar-refractivity contribution is 14.1. The lowest BCUT2D eigenvalue weighted by atomic mass is 9.94. The number of aryl methyl sites for hydroxylation is 1. The fraction of sp³-hybridized carbons (Fsp3) is 0.0769. The van der Waals surface area contributed by atoms with Crippen LogP contribution in [0.5, 0.6) is 0 Å². The topological polar surface area (TPSA) is 0 Å². The van der Waals surface area contributed by atoms with Crippen LogP contribution in [0.25, 0.3) is 44.5 Å². The van der Waals surface area contributed by atoms with Gasteiger partial charge in [-0.2, -0.15) is 0 Å². The first kappa shape index (κ1) is 43.1. The quantitative estimate of drug-likeness (QED) is 0.146. The van der Waals surface area contributed by atoms with Crippen molar-refractivity contribution in [3.63, 3.8) is 0 Å². The molecule has 6 aromatic carbocycles. The lowest BCUT2D eigenvalue weighted by molar-refractivity contribution is 0.625. The zero-order chi connectivity index (χ0) is 37.0. The molecule has 0 aliphatic carbocycles. The van der Waals surface area contributed by atoms with Crippen LogP contribution in [-0.2, 0) is 6.42 Å². The third kappa shape index (κ3) is 8.91. The van der Waals surface area contributed by atoms with Crippen LogP contribution in [0.3, 0.4) is 0 Å². The van der Waals surface area contributed by atoms with Crippen molar-refractivity contribution in [2.45, 2.75) is 20.3 Å². The molecule has 6 aromatic rings. The van der Waals surface area contributed by atoms with Crippen molar-refractivity contribution in [1.29, 1.82) is 0 Å². The maximum Gasteiger partial charge on any atom is 0.125 e. The molecule has 0 nitrogen and oxygen atoms in total. The summed E-state index contributed by atoms with van der Waals surface area (Å²) in [4.78, 5) is 0. The van der Waals surface area contributed by atoms with Crippen molar-refractivity contribution in [1.82, 2.24) is 0 Å². The first-order chi connectivity index (χ1) is 24.1. The van der Waals surface area contributed by atoms with Gasteiger partial charge in [-0.15, -0.1) is 0 Å². The summed E-state index contributed by atoms with van der Waals surface area (Å²) in [6, 6.07) is 24.3. The minimum Gasteiger partial charge on any atom is -0.207 e. The van der Waals surface area contributed by atoms with E-state index in [4.69, 9.17) is 0 Å². The summed E-state index contributed by atoms with van der Waals surface area (Å²) in [6.45, 7) is 4.15. The second-order valence-corrected chi connectivity index (χ2v) is 22.7. The molecule has 0 heterocycles. The van der Waals surface area contributed by atoms with E-state index >= 15 is 0 Å². The highest BCUT2D eigenvalue weighted by Crippen LogP contribution is 2.43. The lowest BCUT2D eigenvalue weighted by Crippen LogP contribution is -2.02. The third-order valence-corrected chi connectivity index (χ3v) is 22.5. The molecular formula is C39H20F2I10. The average molecular weight is 1800 g/mol. The van der Waals surface area contributed by atoms with Gasteiger partial charge in [-0.1, -0.05) is 48.5 Å². The number of hydrogen-bond donors (Lipinski definition) is 0. The number of hydrogen-bond acceptors (Lipinski definition) is 0. The Balaban J connectivity index is 1.31. The summed E-state index contributed by atoms with van der Waals surface area (Å²) in [7, 11) is 0. The predicted octanol–water partition coefficient (Wildman–Crippen LogP) is 16.9. The summed E-state index contributed by atoms with van der Waals surface area (Å²) in [5.41, 5.74) is 14.1. The van der Waals surface area contributed by atoms with Gasteiger partial charge in [0.15, 0.2) is 0 Å². The fourth-order valence-corrected chi connectivity index (χ4v) is 14.5. The summed E-state index contributed by atoms with van der Waals surface area (Å²) >= 11 is 24.2. The van der Waals surface area contributed by atoms with Crippen molar-refractivity contribution in [2.24, 2.45) is 0 Å². The molecule has 0 aliphatic rings. The molecule has 51 heavy (non-hydrogen) atoms. The normalized spacial score (nSPS) is 11.4. The van der Waals surface area contributed by atoms with Crippen molar-refractivity contribution >= 4 is 226 Å². The summed E-state index contributed by atoms with van der Waals surface area (Å²) in [5, 5.41) is 0. The minimum atomic E-state index is -0.204.